The Morgan fingerprint density at radius 1 is 1.00 bits per heavy atom. The maximum absolute atomic E-state index is 3.61. The normalized spacial score (nSPS) is 12.9. The summed E-state index contributed by atoms with van der Waals surface area (Å²) in [6.45, 7) is 8.02. The SMILES string of the molecule is CC(C)CCC(C)NCCCc1ccccc1. The van der Waals surface area contributed by atoms with Crippen LogP contribution >= 0.6 is 0 Å². The summed E-state index contributed by atoms with van der Waals surface area (Å²) >= 11 is 0. The van der Waals surface area contributed by atoms with E-state index in [0.717, 1.165) is 12.5 Å². The summed E-state index contributed by atoms with van der Waals surface area (Å²) in [6.07, 6.45) is 5.04. The Labute approximate surface area is 107 Å². The Balaban J connectivity index is 2.04. The molecule has 0 amide bonds. The van der Waals surface area contributed by atoms with Crippen molar-refractivity contribution in [3.63, 3.8) is 0 Å². The molecule has 1 unspecified atom stereocenters. The summed E-state index contributed by atoms with van der Waals surface area (Å²) < 4.78 is 0. The fourth-order valence-corrected chi connectivity index (χ4v) is 1.97. The van der Waals surface area contributed by atoms with E-state index in [-0.39, 0.29) is 0 Å². The van der Waals surface area contributed by atoms with E-state index in [0.29, 0.717) is 6.04 Å². The van der Waals surface area contributed by atoms with Gasteiger partial charge in [0.1, 0.15) is 0 Å². The Morgan fingerprint density at radius 2 is 1.71 bits per heavy atom. The molecule has 0 heterocycles. The first-order chi connectivity index (χ1) is 8.18. The molecule has 0 radical (unpaired) electrons. The molecule has 1 N–H and O–H groups in total. The van der Waals surface area contributed by atoms with Gasteiger partial charge in [-0.05, 0) is 50.6 Å². The van der Waals surface area contributed by atoms with Gasteiger partial charge in [-0.25, -0.2) is 0 Å². The number of nitrogens with one attached hydrogen (secondary N) is 1. The molecule has 0 saturated heterocycles. The Hall–Kier alpha value is -0.820. The molecule has 0 fully saturated rings. The monoisotopic (exact) mass is 233 g/mol. The molecule has 0 aliphatic rings. The quantitative estimate of drug-likeness (QED) is 0.668. The predicted molar refractivity (Wildman–Crippen MR) is 76.3 cm³/mol. The van der Waals surface area contributed by atoms with E-state index in [1.807, 2.05) is 0 Å². The molecule has 0 bridgehead atoms. The van der Waals surface area contributed by atoms with Crippen molar-refractivity contribution in [2.24, 2.45) is 5.92 Å². The molecule has 96 valence electrons. The largest absolute Gasteiger partial charge is 0.314 e. The highest BCUT2D eigenvalue weighted by atomic mass is 14.9. The Kier molecular flexibility index (Phi) is 6.95. The third-order valence-electron chi connectivity index (χ3n) is 3.15. The molecule has 0 aliphatic carbocycles. The molecule has 0 spiro atoms. The van der Waals surface area contributed by atoms with Gasteiger partial charge in [0.15, 0.2) is 0 Å². The third kappa shape index (κ3) is 7.17. The van der Waals surface area contributed by atoms with Gasteiger partial charge in [-0.1, -0.05) is 44.2 Å². The average Bonchev–Trinajstić information content (AvgIpc) is 2.33. The van der Waals surface area contributed by atoms with Crippen molar-refractivity contribution in [3.05, 3.63) is 35.9 Å². The highest BCUT2D eigenvalue weighted by Crippen LogP contribution is 2.06. The van der Waals surface area contributed by atoms with Crippen molar-refractivity contribution >= 4 is 0 Å². The van der Waals surface area contributed by atoms with Crippen LogP contribution < -0.4 is 5.32 Å². The maximum Gasteiger partial charge on any atom is 0.00388 e. The van der Waals surface area contributed by atoms with Crippen LogP contribution in [0.2, 0.25) is 0 Å². The molecule has 0 saturated carbocycles. The molecule has 1 atom stereocenters. The van der Waals surface area contributed by atoms with Crippen molar-refractivity contribution < 1.29 is 0 Å². The van der Waals surface area contributed by atoms with Crippen LogP contribution in [0, 0.1) is 5.92 Å². The van der Waals surface area contributed by atoms with Crippen LogP contribution in [-0.4, -0.2) is 12.6 Å². The molecule has 0 aromatic heterocycles. The zero-order chi connectivity index (χ0) is 12.5. The van der Waals surface area contributed by atoms with Crippen LogP contribution in [0.5, 0.6) is 0 Å². The second-order valence-electron chi connectivity index (χ2n) is 5.42. The van der Waals surface area contributed by atoms with E-state index in [1.165, 1.54) is 31.2 Å². The Bertz CT molecular complexity index is 279. The summed E-state index contributed by atoms with van der Waals surface area (Å²) in [4.78, 5) is 0. The maximum atomic E-state index is 3.61. The van der Waals surface area contributed by atoms with E-state index in [9.17, 15) is 0 Å². The van der Waals surface area contributed by atoms with E-state index in [4.69, 9.17) is 0 Å². The van der Waals surface area contributed by atoms with Crippen molar-refractivity contribution in [2.75, 3.05) is 6.54 Å². The van der Waals surface area contributed by atoms with E-state index >= 15 is 0 Å². The fraction of sp³-hybridized carbons (Fsp3) is 0.625. The lowest BCUT2D eigenvalue weighted by Crippen LogP contribution is -2.27. The van der Waals surface area contributed by atoms with Crippen LogP contribution in [0.25, 0.3) is 0 Å². The van der Waals surface area contributed by atoms with Crippen LogP contribution in [-0.2, 0) is 6.42 Å². The van der Waals surface area contributed by atoms with Crippen molar-refractivity contribution in [2.45, 2.75) is 52.5 Å². The molecule has 1 heteroatoms. The molecular formula is C16H27N. The first-order valence-corrected chi connectivity index (χ1v) is 6.96. The van der Waals surface area contributed by atoms with Gasteiger partial charge < -0.3 is 5.32 Å². The van der Waals surface area contributed by atoms with Crippen molar-refractivity contribution in [3.8, 4) is 0 Å². The van der Waals surface area contributed by atoms with Crippen LogP contribution in [0.1, 0.15) is 45.6 Å². The summed E-state index contributed by atoms with van der Waals surface area (Å²) in [5.74, 6) is 0.823. The number of hydrogen-bond acceptors (Lipinski definition) is 1. The summed E-state index contributed by atoms with van der Waals surface area (Å²) in [5, 5.41) is 3.61. The molecule has 0 aliphatic heterocycles. The van der Waals surface area contributed by atoms with Crippen LogP contribution in [0.15, 0.2) is 30.3 Å². The van der Waals surface area contributed by atoms with Crippen LogP contribution in [0.4, 0.5) is 0 Å². The van der Waals surface area contributed by atoms with Gasteiger partial charge in [0.25, 0.3) is 0 Å². The second-order valence-corrected chi connectivity index (χ2v) is 5.42. The second kappa shape index (κ2) is 8.30. The first kappa shape index (κ1) is 14.2. The number of rotatable bonds is 8. The minimum absolute atomic E-state index is 0.660. The third-order valence-corrected chi connectivity index (χ3v) is 3.15. The standard InChI is InChI=1S/C16H27N/c1-14(2)11-12-15(3)17-13-7-10-16-8-5-4-6-9-16/h4-6,8-9,14-15,17H,7,10-13H2,1-3H3. The van der Waals surface area contributed by atoms with E-state index < -0.39 is 0 Å². The highest BCUT2D eigenvalue weighted by Gasteiger charge is 2.02. The summed E-state index contributed by atoms with van der Waals surface area (Å²) in [5.41, 5.74) is 1.45. The lowest BCUT2D eigenvalue weighted by atomic mass is 10.0. The highest BCUT2D eigenvalue weighted by molar-refractivity contribution is 5.14. The molecule has 17 heavy (non-hydrogen) atoms. The predicted octanol–water partition coefficient (Wildman–Crippen LogP) is 4.03. The van der Waals surface area contributed by atoms with Crippen LogP contribution in [0.3, 0.4) is 0 Å². The summed E-state index contributed by atoms with van der Waals surface area (Å²) in [7, 11) is 0. The van der Waals surface area contributed by atoms with Gasteiger partial charge >= 0.3 is 0 Å². The van der Waals surface area contributed by atoms with Gasteiger partial charge in [0.2, 0.25) is 0 Å². The van der Waals surface area contributed by atoms with Gasteiger partial charge in [-0.15, -0.1) is 0 Å². The lowest BCUT2D eigenvalue weighted by Gasteiger charge is -2.14. The van der Waals surface area contributed by atoms with E-state index in [2.05, 4.69) is 56.4 Å². The van der Waals surface area contributed by atoms with Crippen molar-refractivity contribution in [1.82, 2.24) is 5.32 Å². The first-order valence-electron chi connectivity index (χ1n) is 6.96. The summed E-state index contributed by atoms with van der Waals surface area (Å²) in [6, 6.07) is 11.4. The van der Waals surface area contributed by atoms with Gasteiger partial charge in [-0.3, -0.25) is 0 Å². The molecule has 1 aromatic carbocycles. The molecule has 1 aromatic rings. The zero-order valence-corrected chi connectivity index (χ0v) is 11.6. The number of benzene rings is 1. The van der Waals surface area contributed by atoms with Gasteiger partial charge in [0.05, 0.1) is 0 Å². The van der Waals surface area contributed by atoms with Gasteiger partial charge in [-0.2, -0.15) is 0 Å². The Morgan fingerprint density at radius 3 is 2.35 bits per heavy atom. The average molecular weight is 233 g/mol. The fourth-order valence-electron chi connectivity index (χ4n) is 1.97. The zero-order valence-electron chi connectivity index (χ0n) is 11.6. The topological polar surface area (TPSA) is 12.0 Å². The number of hydrogen-bond donors (Lipinski definition) is 1. The minimum Gasteiger partial charge on any atom is -0.314 e. The molecule has 1 nitrogen and oxygen atoms in total. The lowest BCUT2D eigenvalue weighted by molar-refractivity contribution is 0.448. The van der Waals surface area contributed by atoms with Gasteiger partial charge in [0, 0.05) is 6.04 Å². The minimum atomic E-state index is 0.660. The molecular weight excluding hydrogens is 206 g/mol. The van der Waals surface area contributed by atoms with Crippen molar-refractivity contribution in [1.29, 1.82) is 0 Å². The van der Waals surface area contributed by atoms with E-state index in [1.54, 1.807) is 0 Å². The molecule has 1 rings (SSSR count). The smallest absolute Gasteiger partial charge is 0.00388 e. The number of aryl methyl sites for hydroxylation is 1.